The van der Waals surface area contributed by atoms with Crippen LogP contribution in [0.4, 0.5) is 12.9 Å². The second-order valence-corrected chi connectivity index (χ2v) is 4.20. The maximum absolute atomic E-state index is 12.4. The predicted molar refractivity (Wildman–Crippen MR) is 46.7 cm³/mol. The number of halogens is 3. The van der Waals surface area contributed by atoms with Gasteiger partial charge in [0, 0.05) is 5.92 Å². The first kappa shape index (κ1) is 11.4. The predicted octanol–water partition coefficient (Wildman–Crippen LogP) is 2.42. The lowest BCUT2D eigenvalue weighted by atomic mass is 9.78. The van der Waals surface area contributed by atoms with Gasteiger partial charge in [-0.3, -0.25) is 4.79 Å². The van der Waals surface area contributed by atoms with Gasteiger partial charge < -0.3 is 17.7 Å². The SMILES string of the molecule is CCOC(=O)C1C([B-](F)(F)F)C1(C)C. The summed E-state index contributed by atoms with van der Waals surface area (Å²) in [6.45, 7) is -0.321. The number of ether oxygens (including phenoxy) is 1. The Morgan fingerprint density at radius 3 is 2.21 bits per heavy atom. The highest BCUT2D eigenvalue weighted by atomic mass is 19.4. The molecule has 2 unspecified atom stereocenters. The van der Waals surface area contributed by atoms with Crippen molar-refractivity contribution >= 4 is 12.9 Å². The van der Waals surface area contributed by atoms with E-state index in [1.54, 1.807) is 6.92 Å². The van der Waals surface area contributed by atoms with Gasteiger partial charge in [-0.1, -0.05) is 19.7 Å². The molecule has 6 heteroatoms. The molecule has 82 valence electrons. The van der Waals surface area contributed by atoms with Crippen LogP contribution in [0, 0.1) is 11.3 Å². The van der Waals surface area contributed by atoms with Crippen LogP contribution in [0.2, 0.25) is 5.82 Å². The van der Waals surface area contributed by atoms with Crippen LogP contribution >= 0.6 is 0 Å². The number of hydrogen-bond acceptors (Lipinski definition) is 2. The smallest absolute Gasteiger partial charge is 0.466 e. The minimum absolute atomic E-state index is 0.128. The monoisotopic (exact) mass is 209 g/mol. The van der Waals surface area contributed by atoms with Crippen molar-refractivity contribution in [3.8, 4) is 0 Å². The molecule has 0 heterocycles. The molecule has 0 aliphatic heterocycles. The Labute approximate surface area is 80.9 Å². The number of esters is 1. The lowest BCUT2D eigenvalue weighted by molar-refractivity contribution is -0.145. The van der Waals surface area contributed by atoms with Crippen molar-refractivity contribution in [2.24, 2.45) is 11.3 Å². The van der Waals surface area contributed by atoms with Gasteiger partial charge in [-0.05, 0) is 12.3 Å². The molecule has 0 spiro atoms. The van der Waals surface area contributed by atoms with Crippen molar-refractivity contribution in [2.45, 2.75) is 26.6 Å². The first-order valence-corrected chi connectivity index (χ1v) is 4.59. The number of carbonyl (C=O) groups excluding carboxylic acids is 1. The van der Waals surface area contributed by atoms with Crippen molar-refractivity contribution in [2.75, 3.05) is 6.61 Å². The summed E-state index contributed by atoms with van der Waals surface area (Å²) in [5.41, 5.74) is -0.982. The second kappa shape index (κ2) is 3.17. The van der Waals surface area contributed by atoms with Gasteiger partial charge in [0.05, 0.1) is 6.61 Å². The van der Waals surface area contributed by atoms with Crippen LogP contribution < -0.4 is 0 Å². The van der Waals surface area contributed by atoms with Crippen molar-refractivity contribution in [1.82, 2.24) is 0 Å². The molecule has 0 amide bonds. The third-order valence-electron chi connectivity index (χ3n) is 2.86. The van der Waals surface area contributed by atoms with Crippen LogP contribution in [0.1, 0.15) is 20.8 Å². The Morgan fingerprint density at radius 2 is 1.93 bits per heavy atom. The van der Waals surface area contributed by atoms with Gasteiger partial charge in [0.25, 0.3) is 0 Å². The van der Waals surface area contributed by atoms with E-state index in [9.17, 15) is 17.7 Å². The minimum atomic E-state index is -4.94. The highest BCUT2D eigenvalue weighted by molar-refractivity contribution is 6.62. The Hall–Kier alpha value is -0.675. The molecular formula is C8H13BF3O2-. The number of carbonyl (C=O) groups is 1. The van der Waals surface area contributed by atoms with E-state index in [2.05, 4.69) is 4.74 Å². The quantitative estimate of drug-likeness (QED) is 0.526. The summed E-state index contributed by atoms with van der Waals surface area (Å²) in [6, 6.07) is 0. The highest BCUT2D eigenvalue weighted by Gasteiger charge is 2.68. The fraction of sp³-hybridized carbons (Fsp3) is 0.875. The highest BCUT2D eigenvalue weighted by Crippen LogP contribution is 2.68. The first-order chi connectivity index (χ1) is 6.23. The topological polar surface area (TPSA) is 26.3 Å². The van der Waals surface area contributed by atoms with Gasteiger partial charge in [-0.2, -0.15) is 0 Å². The number of rotatable bonds is 3. The molecule has 1 rings (SSSR count). The van der Waals surface area contributed by atoms with Gasteiger partial charge >= 0.3 is 12.9 Å². The molecule has 0 saturated heterocycles. The second-order valence-electron chi connectivity index (χ2n) is 4.20. The average Bonchev–Trinajstić information content (AvgIpc) is 2.53. The summed E-state index contributed by atoms with van der Waals surface area (Å²) >= 11 is 0. The van der Waals surface area contributed by atoms with Crippen LogP contribution in [0.5, 0.6) is 0 Å². The lowest BCUT2D eigenvalue weighted by Crippen LogP contribution is -2.19. The van der Waals surface area contributed by atoms with Gasteiger partial charge in [0.15, 0.2) is 0 Å². The summed E-state index contributed by atoms with van der Waals surface area (Å²) in [7, 11) is 0. The largest absolute Gasteiger partial charge is 0.482 e. The van der Waals surface area contributed by atoms with Crippen LogP contribution in [0.25, 0.3) is 0 Å². The standard InChI is InChI=1S/C8H13BF3O2/c1-4-14-7(13)5-6(8(5,2)3)9(10,11)12/h5-6H,4H2,1-3H3/q-1. The van der Waals surface area contributed by atoms with Gasteiger partial charge in [0.1, 0.15) is 0 Å². The van der Waals surface area contributed by atoms with Crippen molar-refractivity contribution in [1.29, 1.82) is 0 Å². The molecule has 0 radical (unpaired) electrons. The molecule has 1 aliphatic carbocycles. The summed E-state index contributed by atoms with van der Waals surface area (Å²) in [5.74, 6) is -3.20. The molecule has 2 atom stereocenters. The van der Waals surface area contributed by atoms with E-state index < -0.39 is 30.1 Å². The van der Waals surface area contributed by atoms with Gasteiger partial charge in [-0.15, -0.1) is 0 Å². The summed E-state index contributed by atoms with van der Waals surface area (Å²) in [6.07, 6.45) is 0. The third-order valence-corrected chi connectivity index (χ3v) is 2.86. The normalized spacial score (nSPS) is 29.9. The maximum Gasteiger partial charge on any atom is 0.482 e. The molecule has 1 fully saturated rings. The molecule has 1 aliphatic rings. The van der Waals surface area contributed by atoms with Crippen LogP contribution in [-0.2, 0) is 9.53 Å². The molecule has 14 heavy (non-hydrogen) atoms. The summed E-state index contributed by atoms with van der Waals surface area (Å²) in [5, 5.41) is 0. The molecular weight excluding hydrogens is 196 g/mol. The Morgan fingerprint density at radius 1 is 1.43 bits per heavy atom. The molecule has 0 aromatic heterocycles. The van der Waals surface area contributed by atoms with Crippen molar-refractivity contribution in [3.05, 3.63) is 0 Å². The zero-order valence-corrected chi connectivity index (χ0v) is 8.39. The fourth-order valence-corrected chi connectivity index (χ4v) is 2.07. The number of hydrogen-bond donors (Lipinski definition) is 0. The van der Waals surface area contributed by atoms with E-state index in [0.29, 0.717) is 0 Å². The molecule has 0 N–H and O–H groups in total. The van der Waals surface area contributed by atoms with E-state index in [0.717, 1.165) is 0 Å². The fourth-order valence-electron chi connectivity index (χ4n) is 2.07. The van der Waals surface area contributed by atoms with Gasteiger partial charge in [-0.25, -0.2) is 0 Å². The zero-order chi connectivity index (χ0) is 11.1. The van der Waals surface area contributed by atoms with E-state index in [1.807, 2.05) is 0 Å². The molecule has 0 bridgehead atoms. The van der Waals surface area contributed by atoms with Gasteiger partial charge in [0.2, 0.25) is 0 Å². The van der Waals surface area contributed by atoms with Crippen LogP contribution in [0.3, 0.4) is 0 Å². The third kappa shape index (κ3) is 1.74. The molecule has 0 aromatic carbocycles. The van der Waals surface area contributed by atoms with Crippen molar-refractivity contribution in [3.63, 3.8) is 0 Å². The maximum atomic E-state index is 12.4. The Balaban J connectivity index is 2.71. The van der Waals surface area contributed by atoms with E-state index >= 15 is 0 Å². The summed E-state index contributed by atoms with van der Waals surface area (Å²) in [4.78, 5) is 11.2. The lowest BCUT2D eigenvalue weighted by Gasteiger charge is -2.14. The van der Waals surface area contributed by atoms with Crippen LogP contribution in [0.15, 0.2) is 0 Å². The van der Waals surface area contributed by atoms with E-state index in [4.69, 9.17) is 0 Å². The Kier molecular flexibility index (Phi) is 2.58. The molecule has 2 nitrogen and oxygen atoms in total. The van der Waals surface area contributed by atoms with E-state index in [1.165, 1.54) is 13.8 Å². The molecule has 1 saturated carbocycles. The first-order valence-electron chi connectivity index (χ1n) is 4.59. The summed E-state index contributed by atoms with van der Waals surface area (Å²) < 4.78 is 41.9. The van der Waals surface area contributed by atoms with Crippen LogP contribution in [-0.4, -0.2) is 19.6 Å². The average molecular weight is 209 g/mol. The van der Waals surface area contributed by atoms with Crippen molar-refractivity contribution < 1.29 is 22.5 Å². The van der Waals surface area contributed by atoms with E-state index in [-0.39, 0.29) is 6.61 Å². The molecule has 0 aromatic rings. The zero-order valence-electron chi connectivity index (χ0n) is 8.39. The Bertz CT molecular complexity index is 249. The minimum Gasteiger partial charge on any atom is -0.466 e.